The Morgan fingerprint density at radius 3 is 2.40 bits per heavy atom. The Morgan fingerprint density at radius 1 is 1.10 bits per heavy atom. The van der Waals surface area contributed by atoms with Gasteiger partial charge in [0.1, 0.15) is 0 Å². The zero-order valence-electron chi connectivity index (χ0n) is 13.1. The summed E-state index contributed by atoms with van der Waals surface area (Å²) in [5.74, 6) is 1.02. The number of nitrogens with zero attached hydrogens (tertiary/aromatic N) is 1. The predicted octanol–water partition coefficient (Wildman–Crippen LogP) is 2.53. The monoisotopic (exact) mass is 280 g/mol. The van der Waals surface area contributed by atoms with Crippen LogP contribution < -0.4 is 5.32 Å². The highest BCUT2D eigenvalue weighted by molar-refractivity contribution is 4.92. The SMILES string of the molecule is CC(CO)(CCCCN(CC1CC1)C1CC1)NC1CC1. The molecule has 20 heavy (non-hydrogen) atoms. The van der Waals surface area contributed by atoms with E-state index in [-0.39, 0.29) is 12.1 Å². The molecule has 0 spiro atoms. The van der Waals surface area contributed by atoms with Crippen molar-refractivity contribution in [3.63, 3.8) is 0 Å². The van der Waals surface area contributed by atoms with Gasteiger partial charge in [-0.05, 0) is 70.8 Å². The topological polar surface area (TPSA) is 35.5 Å². The molecule has 0 saturated heterocycles. The Balaban J connectivity index is 1.33. The fraction of sp³-hybridized carbons (Fsp3) is 1.00. The van der Waals surface area contributed by atoms with Crippen molar-refractivity contribution in [2.45, 2.75) is 82.3 Å². The van der Waals surface area contributed by atoms with E-state index >= 15 is 0 Å². The molecule has 3 rings (SSSR count). The number of hydrogen-bond donors (Lipinski definition) is 2. The summed E-state index contributed by atoms with van der Waals surface area (Å²) in [5.41, 5.74) is -0.0396. The van der Waals surface area contributed by atoms with Gasteiger partial charge in [0.2, 0.25) is 0 Å². The second-order valence-corrected chi connectivity index (χ2v) is 7.76. The van der Waals surface area contributed by atoms with Gasteiger partial charge in [-0.15, -0.1) is 0 Å². The number of aliphatic hydroxyl groups is 1. The summed E-state index contributed by atoms with van der Waals surface area (Å²) < 4.78 is 0. The predicted molar refractivity (Wildman–Crippen MR) is 82.8 cm³/mol. The first-order valence-electron chi connectivity index (χ1n) is 8.81. The molecule has 1 atom stereocenters. The van der Waals surface area contributed by atoms with Crippen molar-refractivity contribution < 1.29 is 5.11 Å². The van der Waals surface area contributed by atoms with E-state index in [1.54, 1.807) is 0 Å². The van der Waals surface area contributed by atoms with Crippen molar-refractivity contribution in [2.75, 3.05) is 19.7 Å². The Kier molecular flexibility index (Phi) is 4.68. The minimum Gasteiger partial charge on any atom is -0.394 e. The van der Waals surface area contributed by atoms with Crippen LogP contribution in [0.4, 0.5) is 0 Å². The normalized spacial score (nSPS) is 25.9. The maximum Gasteiger partial charge on any atom is 0.0610 e. The van der Waals surface area contributed by atoms with E-state index in [4.69, 9.17) is 0 Å². The number of unbranched alkanes of at least 4 members (excludes halogenated alkanes) is 1. The Bertz CT molecular complexity index is 310. The lowest BCUT2D eigenvalue weighted by molar-refractivity contribution is 0.158. The molecule has 2 N–H and O–H groups in total. The van der Waals surface area contributed by atoms with E-state index in [1.165, 1.54) is 64.5 Å². The van der Waals surface area contributed by atoms with E-state index < -0.39 is 0 Å². The maximum absolute atomic E-state index is 9.62. The molecule has 0 bridgehead atoms. The molecule has 0 aromatic heterocycles. The van der Waals surface area contributed by atoms with Gasteiger partial charge in [0.25, 0.3) is 0 Å². The first-order valence-corrected chi connectivity index (χ1v) is 8.81. The minimum absolute atomic E-state index is 0.0396. The largest absolute Gasteiger partial charge is 0.394 e. The van der Waals surface area contributed by atoms with Gasteiger partial charge in [0.15, 0.2) is 0 Å². The summed E-state index contributed by atoms with van der Waals surface area (Å²) in [6, 6.07) is 1.61. The van der Waals surface area contributed by atoms with Crippen LogP contribution in [0.1, 0.15) is 64.7 Å². The highest BCUT2D eigenvalue weighted by Gasteiger charge is 2.34. The molecule has 0 amide bonds. The summed E-state index contributed by atoms with van der Waals surface area (Å²) in [4.78, 5) is 2.75. The van der Waals surface area contributed by atoms with Gasteiger partial charge in [0.05, 0.1) is 6.61 Å². The summed E-state index contributed by atoms with van der Waals surface area (Å²) in [6.45, 7) is 5.11. The van der Waals surface area contributed by atoms with Crippen LogP contribution in [-0.2, 0) is 0 Å². The third-order valence-corrected chi connectivity index (χ3v) is 5.16. The van der Waals surface area contributed by atoms with Crippen LogP contribution in [-0.4, -0.2) is 47.3 Å². The lowest BCUT2D eigenvalue weighted by Gasteiger charge is -2.29. The van der Waals surface area contributed by atoms with E-state index in [9.17, 15) is 5.11 Å². The van der Waals surface area contributed by atoms with E-state index in [0.29, 0.717) is 6.04 Å². The Hall–Kier alpha value is -0.120. The molecule has 0 aliphatic heterocycles. The van der Waals surface area contributed by atoms with Crippen molar-refractivity contribution in [3.8, 4) is 0 Å². The average Bonchev–Trinajstić information content (AvgIpc) is 3.26. The summed E-state index contributed by atoms with van der Waals surface area (Å²) >= 11 is 0. The number of aliphatic hydroxyl groups excluding tert-OH is 1. The molecule has 3 aliphatic carbocycles. The van der Waals surface area contributed by atoms with Crippen molar-refractivity contribution in [1.82, 2.24) is 10.2 Å². The van der Waals surface area contributed by atoms with Crippen LogP contribution in [0.5, 0.6) is 0 Å². The van der Waals surface area contributed by atoms with Gasteiger partial charge in [-0.1, -0.05) is 6.42 Å². The first kappa shape index (κ1) is 14.8. The van der Waals surface area contributed by atoms with Crippen LogP contribution in [0.25, 0.3) is 0 Å². The third-order valence-electron chi connectivity index (χ3n) is 5.16. The summed E-state index contributed by atoms with van der Waals surface area (Å²) in [5, 5.41) is 13.2. The third kappa shape index (κ3) is 4.71. The molecule has 0 heterocycles. The second kappa shape index (κ2) is 6.33. The van der Waals surface area contributed by atoms with Crippen LogP contribution in [0, 0.1) is 5.92 Å². The molecule has 116 valence electrons. The molecular weight excluding hydrogens is 248 g/mol. The van der Waals surface area contributed by atoms with Gasteiger partial charge in [-0.2, -0.15) is 0 Å². The van der Waals surface area contributed by atoms with Crippen LogP contribution in [0.15, 0.2) is 0 Å². The molecular formula is C17H32N2O. The van der Waals surface area contributed by atoms with Crippen molar-refractivity contribution in [2.24, 2.45) is 5.92 Å². The highest BCUT2D eigenvalue weighted by Crippen LogP contribution is 2.35. The van der Waals surface area contributed by atoms with Gasteiger partial charge in [0, 0.05) is 24.2 Å². The lowest BCUT2D eigenvalue weighted by Crippen LogP contribution is -2.47. The second-order valence-electron chi connectivity index (χ2n) is 7.76. The first-order chi connectivity index (χ1) is 9.68. The summed E-state index contributed by atoms with van der Waals surface area (Å²) in [6.07, 6.45) is 12.1. The number of nitrogens with one attached hydrogen (secondary N) is 1. The van der Waals surface area contributed by atoms with Crippen molar-refractivity contribution in [1.29, 1.82) is 0 Å². The zero-order chi connectivity index (χ0) is 14.0. The van der Waals surface area contributed by atoms with Gasteiger partial charge < -0.3 is 15.3 Å². The molecule has 3 saturated carbocycles. The number of hydrogen-bond acceptors (Lipinski definition) is 3. The lowest BCUT2D eigenvalue weighted by atomic mass is 9.95. The average molecular weight is 280 g/mol. The quantitative estimate of drug-likeness (QED) is 0.571. The smallest absolute Gasteiger partial charge is 0.0610 e. The minimum atomic E-state index is -0.0396. The molecule has 0 aromatic rings. The van der Waals surface area contributed by atoms with E-state index in [2.05, 4.69) is 17.1 Å². The molecule has 0 radical (unpaired) electrons. The maximum atomic E-state index is 9.62. The fourth-order valence-electron chi connectivity index (χ4n) is 3.24. The van der Waals surface area contributed by atoms with Gasteiger partial charge in [-0.3, -0.25) is 0 Å². The van der Waals surface area contributed by atoms with Crippen LogP contribution in [0.2, 0.25) is 0 Å². The molecule has 3 heteroatoms. The van der Waals surface area contributed by atoms with Crippen LogP contribution in [0.3, 0.4) is 0 Å². The van der Waals surface area contributed by atoms with Gasteiger partial charge >= 0.3 is 0 Å². The molecule has 3 nitrogen and oxygen atoms in total. The standard InChI is InChI=1S/C17H32N2O/c1-17(13-20,18-15-6-7-15)10-2-3-11-19(16-8-9-16)12-14-4-5-14/h14-16,18,20H,2-13H2,1H3. The Morgan fingerprint density at radius 2 is 1.85 bits per heavy atom. The van der Waals surface area contributed by atoms with Crippen molar-refractivity contribution in [3.05, 3.63) is 0 Å². The number of rotatable bonds is 11. The van der Waals surface area contributed by atoms with E-state index in [1.807, 2.05) is 0 Å². The molecule has 1 unspecified atom stereocenters. The highest BCUT2D eigenvalue weighted by atomic mass is 16.3. The summed E-state index contributed by atoms with van der Waals surface area (Å²) in [7, 11) is 0. The van der Waals surface area contributed by atoms with Crippen molar-refractivity contribution >= 4 is 0 Å². The molecule has 3 fully saturated rings. The van der Waals surface area contributed by atoms with Crippen LogP contribution >= 0.6 is 0 Å². The Labute approximate surface area is 124 Å². The van der Waals surface area contributed by atoms with E-state index in [0.717, 1.165) is 18.4 Å². The molecule has 3 aliphatic rings. The fourth-order valence-corrected chi connectivity index (χ4v) is 3.24. The molecule has 0 aromatic carbocycles. The van der Waals surface area contributed by atoms with Gasteiger partial charge in [-0.25, -0.2) is 0 Å². The zero-order valence-corrected chi connectivity index (χ0v) is 13.1.